The van der Waals surface area contributed by atoms with Gasteiger partial charge in [-0.3, -0.25) is 9.59 Å². The fraction of sp³-hybridized carbons (Fsp3) is 0.500. The van der Waals surface area contributed by atoms with Gasteiger partial charge in [-0.1, -0.05) is 0 Å². The van der Waals surface area contributed by atoms with Crippen molar-refractivity contribution in [3.63, 3.8) is 0 Å². The van der Waals surface area contributed by atoms with Crippen molar-refractivity contribution in [3.05, 3.63) is 23.8 Å². The molecule has 0 fully saturated rings. The van der Waals surface area contributed by atoms with Gasteiger partial charge in [0.25, 0.3) is 5.91 Å². The standard InChI is InChI=1S/C16H23N3O4/c1-12(20)19(9-8-18(2)3)7-6-17-16(21)13-4-5-14-15(10-13)23-11-22-14/h4-5,10H,6-9,11H2,1-3H3,(H,17,21). The molecular formula is C16H23N3O4. The van der Waals surface area contributed by atoms with Crippen LogP contribution in [0.4, 0.5) is 0 Å². The lowest BCUT2D eigenvalue weighted by Gasteiger charge is -2.23. The molecule has 0 bridgehead atoms. The number of nitrogens with zero attached hydrogens (tertiary/aromatic N) is 2. The molecule has 1 N–H and O–H groups in total. The van der Waals surface area contributed by atoms with Gasteiger partial charge in [0, 0.05) is 38.7 Å². The summed E-state index contributed by atoms with van der Waals surface area (Å²) in [4.78, 5) is 27.5. The van der Waals surface area contributed by atoms with E-state index < -0.39 is 0 Å². The molecule has 0 aromatic heterocycles. The molecule has 2 amide bonds. The van der Waals surface area contributed by atoms with E-state index in [1.165, 1.54) is 6.92 Å². The third-order valence-electron chi connectivity index (χ3n) is 3.56. The van der Waals surface area contributed by atoms with Gasteiger partial charge in [0.2, 0.25) is 12.7 Å². The molecule has 7 heteroatoms. The number of benzene rings is 1. The Kier molecular flexibility index (Phi) is 5.81. The highest BCUT2D eigenvalue weighted by atomic mass is 16.7. The summed E-state index contributed by atoms with van der Waals surface area (Å²) in [6, 6.07) is 5.07. The van der Waals surface area contributed by atoms with E-state index in [2.05, 4.69) is 5.32 Å². The molecule has 1 aliphatic rings. The van der Waals surface area contributed by atoms with E-state index in [0.29, 0.717) is 36.7 Å². The summed E-state index contributed by atoms with van der Waals surface area (Å²) in [5, 5.41) is 2.82. The third kappa shape index (κ3) is 4.85. The second kappa shape index (κ2) is 7.82. The molecule has 2 rings (SSSR count). The molecule has 0 aliphatic carbocycles. The van der Waals surface area contributed by atoms with Gasteiger partial charge in [-0.2, -0.15) is 0 Å². The van der Waals surface area contributed by atoms with Crippen LogP contribution < -0.4 is 14.8 Å². The zero-order valence-electron chi connectivity index (χ0n) is 13.8. The molecule has 0 atom stereocenters. The van der Waals surface area contributed by atoms with Gasteiger partial charge >= 0.3 is 0 Å². The third-order valence-corrected chi connectivity index (χ3v) is 3.56. The van der Waals surface area contributed by atoms with Crippen LogP contribution in [0.25, 0.3) is 0 Å². The van der Waals surface area contributed by atoms with E-state index in [9.17, 15) is 9.59 Å². The SMILES string of the molecule is CC(=O)N(CCNC(=O)c1ccc2c(c1)OCO2)CCN(C)C. The van der Waals surface area contributed by atoms with Crippen molar-refractivity contribution in [2.75, 3.05) is 47.1 Å². The van der Waals surface area contributed by atoms with Crippen LogP contribution in [0.5, 0.6) is 11.5 Å². The maximum Gasteiger partial charge on any atom is 0.251 e. The fourth-order valence-corrected chi connectivity index (χ4v) is 2.19. The quantitative estimate of drug-likeness (QED) is 0.794. The first-order chi connectivity index (χ1) is 11.0. The molecule has 0 radical (unpaired) electrons. The highest BCUT2D eigenvalue weighted by Gasteiger charge is 2.16. The van der Waals surface area contributed by atoms with Gasteiger partial charge in [0.05, 0.1) is 0 Å². The average molecular weight is 321 g/mol. The van der Waals surface area contributed by atoms with Crippen molar-refractivity contribution in [2.45, 2.75) is 6.92 Å². The molecule has 1 heterocycles. The van der Waals surface area contributed by atoms with Crippen LogP contribution in [0.15, 0.2) is 18.2 Å². The minimum Gasteiger partial charge on any atom is -0.454 e. The number of ether oxygens (including phenoxy) is 2. The average Bonchev–Trinajstić information content (AvgIpc) is 2.97. The fourth-order valence-electron chi connectivity index (χ4n) is 2.19. The molecular weight excluding hydrogens is 298 g/mol. The highest BCUT2D eigenvalue weighted by molar-refractivity contribution is 5.94. The first kappa shape index (κ1) is 17.1. The molecule has 126 valence electrons. The van der Waals surface area contributed by atoms with Gasteiger partial charge in [-0.15, -0.1) is 0 Å². The highest BCUT2D eigenvalue weighted by Crippen LogP contribution is 2.32. The monoisotopic (exact) mass is 321 g/mol. The molecule has 7 nitrogen and oxygen atoms in total. The normalized spacial score (nSPS) is 12.3. The topological polar surface area (TPSA) is 71.1 Å². The van der Waals surface area contributed by atoms with E-state index >= 15 is 0 Å². The summed E-state index contributed by atoms with van der Waals surface area (Å²) in [5.41, 5.74) is 0.511. The predicted molar refractivity (Wildman–Crippen MR) is 85.7 cm³/mol. The Morgan fingerprint density at radius 1 is 1.13 bits per heavy atom. The Hall–Kier alpha value is -2.28. The first-order valence-electron chi connectivity index (χ1n) is 7.55. The van der Waals surface area contributed by atoms with Crippen molar-refractivity contribution in [3.8, 4) is 11.5 Å². The first-order valence-corrected chi connectivity index (χ1v) is 7.55. The number of rotatable bonds is 7. The number of hydrogen-bond donors (Lipinski definition) is 1. The summed E-state index contributed by atoms with van der Waals surface area (Å²) in [7, 11) is 3.92. The molecule has 1 aromatic carbocycles. The van der Waals surface area contributed by atoms with Gasteiger partial charge in [-0.05, 0) is 32.3 Å². The van der Waals surface area contributed by atoms with Crippen LogP contribution in [-0.4, -0.2) is 68.7 Å². The van der Waals surface area contributed by atoms with Crippen molar-refractivity contribution in [2.24, 2.45) is 0 Å². The molecule has 0 saturated heterocycles. The Bertz CT molecular complexity index is 574. The molecule has 23 heavy (non-hydrogen) atoms. The van der Waals surface area contributed by atoms with Crippen molar-refractivity contribution >= 4 is 11.8 Å². The Morgan fingerprint density at radius 2 is 1.87 bits per heavy atom. The summed E-state index contributed by atoms with van der Waals surface area (Å²) < 4.78 is 10.5. The van der Waals surface area contributed by atoms with Crippen LogP contribution in [0, 0.1) is 0 Å². The lowest BCUT2D eigenvalue weighted by atomic mass is 10.2. The number of carbonyl (C=O) groups excluding carboxylic acids is 2. The van der Waals surface area contributed by atoms with Crippen molar-refractivity contribution in [1.29, 1.82) is 0 Å². The summed E-state index contributed by atoms with van der Waals surface area (Å²) in [6.45, 7) is 4.03. The van der Waals surface area contributed by atoms with Crippen LogP contribution in [0.1, 0.15) is 17.3 Å². The molecule has 1 aromatic rings. The minimum atomic E-state index is -0.195. The van der Waals surface area contributed by atoms with Crippen LogP contribution in [0.2, 0.25) is 0 Å². The summed E-state index contributed by atoms with van der Waals surface area (Å²) in [6.07, 6.45) is 0. The zero-order valence-corrected chi connectivity index (χ0v) is 13.8. The maximum atomic E-state index is 12.1. The number of nitrogens with one attached hydrogen (secondary N) is 1. The second-order valence-electron chi connectivity index (χ2n) is 5.63. The summed E-state index contributed by atoms with van der Waals surface area (Å²) in [5.74, 6) is 1.03. The Balaban J connectivity index is 1.82. The lowest BCUT2D eigenvalue weighted by molar-refractivity contribution is -0.128. The van der Waals surface area contributed by atoms with E-state index in [1.54, 1.807) is 23.1 Å². The molecule has 1 aliphatic heterocycles. The summed E-state index contributed by atoms with van der Waals surface area (Å²) >= 11 is 0. The van der Waals surface area contributed by atoms with E-state index in [4.69, 9.17) is 9.47 Å². The van der Waals surface area contributed by atoms with Crippen molar-refractivity contribution in [1.82, 2.24) is 15.1 Å². The number of amides is 2. The maximum absolute atomic E-state index is 12.1. The van der Waals surface area contributed by atoms with E-state index in [-0.39, 0.29) is 18.6 Å². The van der Waals surface area contributed by atoms with Gasteiger partial charge in [0.1, 0.15) is 0 Å². The largest absolute Gasteiger partial charge is 0.454 e. The molecule has 0 spiro atoms. The lowest BCUT2D eigenvalue weighted by Crippen LogP contribution is -2.40. The minimum absolute atomic E-state index is 0.00387. The van der Waals surface area contributed by atoms with Gasteiger partial charge < -0.3 is 24.6 Å². The van der Waals surface area contributed by atoms with Gasteiger partial charge in [0.15, 0.2) is 11.5 Å². The second-order valence-corrected chi connectivity index (χ2v) is 5.63. The van der Waals surface area contributed by atoms with Gasteiger partial charge in [-0.25, -0.2) is 0 Å². The smallest absolute Gasteiger partial charge is 0.251 e. The van der Waals surface area contributed by atoms with E-state index in [1.807, 2.05) is 19.0 Å². The number of likely N-dealkylation sites (N-methyl/N-ethyl adjacent to an activating group) is 1. The number of fused-ring (bicyclic) bond motifs is 1. The van der Waals surface area contributed by atoms with Crippen LogP contribution in [-0.2, 0) is 4.79 Å². The van der Waals surface area contributed by atoms with Crippen molar-refractivity contribution < 1.29 is 19.1 Å². The van der Waals surface area contributed by atoms with Crippen LogP contribution in [0.3, 0.4) is 0 Å². The Labute approximate surface area is 136 Å². The Morgan fingerprint density at radius 3 is 2.57 bits per heavy atom. The zero-order chi connectivity index (χ0) is 16.8. The molecule has 0 saturated carbocycles. The molecule has 0 unspecified atom stereocenters. The number of carbonyl (C=O) groups is 2. The predicted octanol–water partition coefficient (Wildman–Crippen LogP) is 0.555. The van der Waals surface area contributed by atoms with Crippen LogP contribution >= 0.6 is 0 Å². The number of hydrogen-bond acceptors (Lipinski definition) is 5. The van der Waals surface area contributed by atoms with E-state index in [0.717, 1.165) is 6.54 Å².